The molecule has 3 unspecified atom stereocenters. The van der Waals surface area contributed by atoms with Crippen molar-refractivity contribution in [1.29, 1.82) is 0 Å². The van der Waals surface area contributed by atoms with Crippen LogP contribution in [0, 0.1) is 27.8 Å². The highest BCUT2D eigenvalue weighted by molar-refractivity contribution is 5.35. The number of nitrogens with two attached hydrogens (primary N) is 1. The topological polar surface area (TPSA) is 69.2 Å². The van der Waals surface area contributed by atoms with Gasteiger partial charge >= 0.3 is 5.69 Å². The van der Waals surface area contributed by atoms with Crippen LogP contribution in [0.25, 0.3) is 0 Å². The fourth-order valence-electron chi connectivity index (χ4n) is 2.89. The molecule has 0 radical (unpaired) electrons. The second kappa shape index (κ2) is 5.65. The molecule has 2 rings (SSSR count). The quantitative estimate of drug-likeness (QED) is 0.675. The molecule has 0 aromatic heterocycles. The summed E-state index contributed by atoms with van der Waals surface area (Å²) in [7, 11) is 0. The molecule has 0 saturated heterocycles. The molecule has 19 heavy (non-hydrogen) atoms. The molecule has 0 bridgehead atoms. The third kappa shape index (κ3) is 3.29. The molecule has 4 nitrogen and oxygen atoms in total. The molecule has 1 aromatic rings. The van der Waals surface area contributed by atoms with E-state index >= 15 is 0 Å². The van der Waals surface area contributed by atoms with E-state index in [1.54, 1.807) is 6.07 Å². The van der Waals surface area contributed by atoms with Crippen molar-refractivity contribution in [1.82, 2.24) is 0 Å². The van der Waals surface area contributed by atoms with E-state index in [1.807, 2.05) is 0 Å². The van der Waals surface area contributed by atoms with Gasteiger partial charge in [-0.2, -0.15) is 4.39 Å². The van der Waals surface area contributed by atoms with Gasteiger partial charge in [-0.25, -0.2) is 0 Å². The number of nitro groups is 1. The van der Waals surface area contributed by atoms with E-state index in [2.05, 4.69) is 6.92 Å². The largest absolute Gasteiger partial charge is 0.327 e. The summed E-state index contributed by atoms with van der Waals surface area (Å²) in [5.74, 6) is 0.220. The Morgan fingerprint density at radius 2 is 2.21 bits per heavy atom. The van der Waals surface area contributed by atoms with Gasteiger partial charge in [-0.1, -0.05) is 13.0 Å². The number of nitro benzene ring substituents is 1. The third-order valence-corrected chi connectivity index (χ3v) is 4.01. The highest BCUT2D eigenvalue weighted by Crippen LogP contribution is 2.31. The van der Waals surface area contributed by atoms with Crippen molar-refractivity contribution in [3.63, 3.8) is 0 Å². The van der Waals surface area contributed by atoms with E-state index in [4.69, 9.17) is 5.73 Å². The molecule has 1 aliphatic carbocycles. The van der Waals surface area contributed by atoms with Crippen molar-refractivity contribution in [3.05, 3.63) is 39.7 Å². The van der Waals surface area contributed by atoms with Gasteiger partial charge in [0.25, 0.3) is 0 Å². The molecule has 2 N–H and O–H groups in total. The molecule has 5 heteroatoms. The Morgan fingerprint density at radius 3 is 2.84 bits per heavy atom. The van der Waals surface area contributed by atoms with E-state index in [9.17, 15) is 14.5 Å². The molecule has 0 amide bonds. The predicted octanol–water partition coefficient (Wildman–Crippen LogP) is 3.04. The van der Waals surface area contributed by atoms with E-state index in [0.29, 0.717) is 18.3 Å². The number of hydrogen-bond acceptors (Lipinski definition) is 3. The number of benzene rings is 1. The minimum absolute atomic E-state index is 0.148. The molecular formula is C14H19FN2O2. The molecule has 0 aliphatic heterocycles. The average Bonchev–Trinajstić information content (AvgIpc) is 2.33. The number of rotatable bonds is 3. The Kier molecular flexibility index (Phi) is 4.14. The average molecular weight is 266 g/mol. The number of halogens is 1. The summed E-state index contributed by atoms with van der Waals surface area (Å²) in [6.45, 7) is 2.20. The minimum atomic E-state index is -0.764. The van der Waals surface area contributed by atoms with Gasteiger partial charge < -0.3 is 5.73 Å². The molecule has 1 fully saturated rings. The predicted molar refractivity (Wildman–Crippen MR) is 71.2 cm³/mol. The maximum atomic E-state index is 13.6. The highest BCUT2D eigenvalue weighted by atomic mass is 19.1. The fraction of sp³-hybridized carbons (Fsp3) is 0.571. The summed E-state index contributed by atoms with van der Waals surface area (Å²) >= 11 is 0. The lowest BCUT2D eigenvalue weighted by molar-refractivity contribution is -0.387. The van der Waals surface area contributed by atoms with E-state index in [1.165, 1.54) is 12.1 Å². The molecule has 104 valence electrons. The van der Waals surface area contributed by atoms with Crippen molar-refractivity contribution in [2.45, 2.75) is 38.6 Å². The van der Waals surface area contributed by atoms with E-state index < -0.39 is 16.4 Å². The molecule has 0 heterocycles. The Morgan fingerprint density at radius 1 is 1.47 bits per heavy atom. The van der Waals surface area contributed by atoms with Crippen LogP contribution in [0.15, 0.2) is 18.2 Å². The lowest BCUT2D eigenvalue weighted by Gasteiger charge is -2.32. The van der Waals surface area contributed by atoms with Crippen LogP contribution in [0.3, 0.4) is 0 Å². The summed E-state index contributed by atoms with van der Waals surface area (Å²) in [4.78, 5) is 9.86. The number of nitrogens with zero attached hydrogens (tertiary/aromatic N) is 1. The molecule has 3 atom stereocenters. The number of hydrogen-bond donors (Lipinski definition) is 1. The molecule has 1 aliphatic rings. The Bertz CT molecular complexity index is 479. The van der Waals surface area contributed by atoms with Crippen molar-refractivity contribution >= 4 is 5.69 Å². The summed E-state index contributed by atoms with van der Waals surface area (Å²) in [6, 6.07) is 4.29. The molecule has 0 spiro atoms. The summed E-state index contributed by atoms with van der Waals surface area (Å²) in [5.41, 5.74) is 6.43. The fourth-order valence-corrected chi connectivity index (χ4v) is 2.89. The van der Waals surface area contributed by atoms with Crippen LogP contribution in [-0.2, 0) is 6.42 Å². The van der Waals surface area contributed by atoms with E-state index in [-0.39, 0.29) is 6.04 Å². The lowest BCUT2D eigenvalue weighted by Crippen LogP contribution is -2.36. The summed E-state index contributed by atoms with van der Waals surface area (Å²) in [6.07, 6.45) is 3.88. The summed E-state index contributed by atoms with van der Waals surface area (Å²) < 4.78 is 13.6. The van der Waals surface area contributed by atoms with Crippen molar-refractivity contribution in [2.24, 2.45) is 17.6 Å². The highest BCUT2D eigenvalue weighted by Gasteiger charge is 2.26. The van der Waals surface area contributed by atoms with Crippen LogP contribution < -0.4 is 5.73 Å². The standard InChI is InChI=1S/C14H19FN2O2/c1-9-2-4-13(16)11(6-9)7-10-3-5-14(17(18)19)12(15)8-10/h3,5,8-9,11,13H,2,4,6-7,16H2,1H3. The van der Waals surface area contributed by atoms with Gasteiger partial charge in [-0.15, -0.1) is 0 Å². The van der Waals surface area contributed by atoms with Crippen LogP contribution in [0.4, 0.5) is 10.1 Å². The Labute approximate surface area is 112 Å². The van der Waals surface area contributed by atoms with Gasteiger partial charge in [0.2, 0.25) is 5.82 Å². The second-order valence-corrected chi connectivity index (χ2v) is 5.59. The van der Waals surface area contributed by atoms with Crippen molar-refractivity contribution < 1.29 is 9.31 Å². The zero-order valence-corrected chi connectivity index (χ0v) is 11.0. The maximum Gasteiger partial charge on any atom is 0.304 e. The first-order valence-corrected chi connectivity index (χ1v) is 6.65. The molecule has 1 saturated carbocycles. The molecule has 1 aromatic carbocycles. The van der Waals surface area contributed by atoms with Crippen LogP contribution in [0.1, 0.15) is 31.7 Å². The smallest absolute Gasteiger partial charge is 0.304 e. The van der Waals surface area contributed by atoms with Crippen LogP contribution in [-0.4, -0.2) is 11.0 Å². The van der Waals surface area contributed by atoms with Gasteiger partial charge in [0.05, 0.1) is 4.92 Å². The third-order valence-electron chi connectivity index (χ3n) is 4.01. The Balaban J connectivity index is 2.10. The van der Waals surface area contributed by atoms with Crippen LogP contribution >= 0.6 is 0 Å². The monoisotopic (exact) mass is 266 g/mol. The maximum absolute atomic E-state index is 13.6. The second-order valence-electron chi connectivity index (χ2n) is 5.59. The first-order valence-electron chi connectivity index (χ1n) is 6.65. The summed E-state index contributed by atoms with van der Waals surface area (Å²) in [5, 5.41) is 10.6. The van der Waals surface area contributed by atoms with Gasteiger partial charge in [0.1, 0.15) is 0 Å². The van der Waals surface area contributed by atoms with Crippen LogP contribution in [0.5, 0.6) is 0 Å². The zero-order valence-electron chi connectivity index (χ0n) is 11.0. The van der Waals surface area contributed by atoms with Gasteiger partial charge in [-0.05, 0) is 49.1 Å². The van der Waals surface area contributed by atoms with Crippen molar-refractivity contribution in [2.75, 3.05) is 0 Å². The lowest BCUT2D eigenvalue weighted by atomic mass is 9.76. The van der Waals surface area contributed by atoms with Crippen LogP contribution in [0.2, 0.25) is 0 Å². The van der Waals surface area contributed by atoms with E-state index in [0.717, 1.165) is 24.8 Å². The minimum Gasteiger partial charge on any atom is -0.327 e. The van der Waals surface area contributed by atoms with Gasteiger partial charge in [0, 0.05) is 12.1 Å². The zero-order chi connectivity index (χ0) is 14.0. The van der Waals surface area contributed by atoms with Gasteiger partial charge in [0.15, 0.2) is 0 Å². The first kappa shape index (κ1) is 13.9. The van der Waals surface area contributed by atoms with Gasteiger partial charge in [-0.3, -0.25) is 10.1 Å². The molecular weight excluding hydrogens is 247 g/mol. The normalized spacial score (nSPS) is 27.2. The first-order chi connectivity index (χ1) is 8.97. The SMILES string of the molecule is CC1CCC(N)C(Cc2ccc([N+](=O)[O-])c(F)c2)C1. The Hall–Kier alpha value is -1.49. The van der Waals surface area contributed by atoms with Crippen molar-refractivity contribution in [3.8, 4) is 0 Å².